The lowest BCUT2D eigenvalue weighted by atomic mass is 10.1. The van der Waals surface area contributed by atoms with E-state index in [2.05, 4.69) is 15.6 Å². The van der Waals surface area contributed by atoms with E-state index in [4.69, 9.17) is 0 Å². The fourth-order valence-electron chi connectivity index (χ4n) is 1.99. The number of benzene rings is 1. The molecular weight excluding hydrogens is 319 g/mol. The number of nitrogens with one attached hydrogen (secondary N) is 2. The highest BCUT2D eigenvalue weighted by atomic mass is 19.4. The Bertz CT molecular complexity index is 736. The molecule has 0 radical (unpaired) electrons. The Labute approximate surface area is 138 Å². The Kier molecular flexibility index (Phi) is 4.82. The Morgan fingerprint density at radius 1 is 1.04 bits per heavy atom. The molecule has 2 rings (SSSR count). The number of carbonyl (C=O) groups excluding carboxylic acids is 1. The summed E-state index contributed by atoms with van der Waals surface area (Å²) in [5.41, 5.74) is -0.137. The van der Waals surface area contributed by atoms with Gasteiger partial charge in [-0.05, 0) is 45.0 Å². The monoisotopic (exact) mass is 337 g/mol. The van der Waals surface area contributed by atoms with Gasteiger partial charge >= 0.3 is 6.18 Å². The van der Waals surface area contributed by atoms with Crippen LogP contribution in [-0.4, -0.2) is 16.4 Å². The maximum absolute atomic E-state index is 12.7. The number of alkyl halides is 3. The number of rotatable bonds is 3. The van der Waals surface area contributed by atoms with Gasteiger partial charge < -0.3 is 10.6 Å². The fraction of sp³-hybridized carbons (Fsp3) is 0.294. The maximum Gasteiger partial charge on any atom is 0.416 e. The third-order valence-corrected chi connectivity index (χ3v) is 2.97. The molecule has 2 N–H and O–H groups in total. The van der Waals surface area contributed by atoms with Gasteiger partial charge in [0.15, 0.2) is 0 Å². The van der Waals surface area contributed by atoms with Gasteiger partial charge in [-0.15, -0.1) is 0 Å². The third-order valence-electron chi connectivity index (χ3n) is 2.97. The molecule has 1 aromatic carbocycles. The van der Waals surface area contributed by atoms with Crippen molar-refractivity contribution in [1.29, 1.82) is 0 Å². The largest absolute Gasteiger partial charge is 0.416 e. The average molecular weight is 337 g/mol. The molecule has 0 atom stereocenters. The summed E-state index contributed by atoms with van der Waals surface area (Å²) in [5, 5.41) is 5.63. The molecule has 0 aliphatic heterocycles. The molecule has 128 valence electrons. The number of hydrogen-bond donors (Lipinski definition) is 2. The molecule has 0 fully saturated rings. The summed E-state index contributed by atoms with van der Waals surface area (Å²) in [4.78, 5) is 16.1. The zero-order valence-electron chi connectivity index (χ0n) is 13.5. The first kappa shape index (κ1) is 17.8. The first-order chi connectivity index (χ1) is 11.0. The van der Waals surface area contributed by atoms with E-state index in [1.165, 1.54) is 30.6 Å². The second-order valence-corrected chi connectivity index (χ2v) is 6.37. The summed E-state index contributed by atoms with van der Waals surface area (Å²) in [5.74, 6) is -0.303. The lowest BCUT2D eigenvalue weighted by Crippen LogP contribution is -2.40. The van der Waals surface area contributed by atoms with Gasteiger partial charge in [-0.1, -0.05) is 6.07 Å². The molecule has 0 aliphatic carbocycles. The van der Waals surface area contributed by atoms with Gasteiger partial charge in [0, 0.05) is 17.4 Å². The Morgan fingerprint density at radius 3 is 2.38 bits per heavy atom. The van der Waals surface area contributed by atoms with Crippen LogP contribution in [0.15, 0.2) is 42.7 Å². The summed E-state index contributed by atoms with van der Waals surface area (Å²) in [7, 11) is 0. The van der Waals surface area contributed by atoms with Crippen LogP contribution in [0, 0.1) is 0 Å². The highest BCUT2D eigenvalue weighted by Gasteiger charge is 2.30. The topological polar surface area (TPSA) is 54.0 Å². The Balaban J connectivity index is 2.20. The van der Waals surface area contributed by atoms with Crippen LogP contribution in [0.5, 0.6) is 0 Å². The number of aromatic nitrogens is 1. The minimum absolute atomic E-state index is 0.264. The van der Waals surface area contributed by atoms with Crippen molar-refractivity contribution in [3.63, 3.8) is 0 Å². The molecule has 4 nitrogen and oxygen atoms in total. The van der Waals surface area contributed by atoms with Gasteiger partial charge in [-0.25, -0.2) is 0 Å². The second kappa shape index (κ2) is 6.51. The normalized spacial score (nSPS) is 11.9. The first-order valence-electron chi connectivity index (χ1n) is 7.26. The first-order valence-corrected chi connectivity index (χ1v) is 7.26. The summed E-state index contributed by atoms with van der Waals surface area (Å²) >= 11 is 0. The number of pyridine rings is 1. The number of anilines is 2. The fourth-order valence-corrected chi connectivity index (χ4v) is 1.99. The van der Waals surface area contributed by atoms with E-state index in [0.717, 1.165) is 12.1 Å². The third kappa shape index (κ3) is 4.97. The Morgan fingerprint density at radius 2 is 1.75 bits per heavy atom. The molecule has 24 heavy (non-hydrogen) atoms. The van der Waals surface area contributed by atoms with Crippen molar-refractivity contribution in [3.8, 4) is 0 Å². The maximum atomic E-state index is 12.7. The predicted molar refractivity (Wildman–Crippen MR) is 86.2 cm³/mol. The van der Waals surface area contributed by atoms with E-state index in [9.17, 15) is 18.0 Å². The number of nitrogens with zero attached hydrogens (tertiary/aromatic N) is 1. The standard InChI is InChI=1S/C17H18F3N3O/c1-16(2,3)23-15(24)11-7-14(10-21-9-11)22-13-6-4-5-12(8-13)17(18,19)20/h4-10,22H,1-3H3,(H,23,24). The van der Waals surface area contributed by atoms with E-state index in [0.29, 0.717) is 11.3 Å². The van der Waals surface area contributed by atoms with Gasteiger partial charge in [0.25, 0.3) is 5.91 Å². The van der Waals surface area contributed by atoms with Crippen molar-refractivity contribution < 1.29 is 18.0 Å². The molecule has 0 unspecified atom stereocenters. The van der Waals surface area contributed by atoms with E-state index in [-0.39, 0.29) is 11.6 Å². The molecule has 1 aromatic heterocycles. The molecule has 1 heterocycles. The molecule has 2 aromatic rings. The van der Waals surface area contributed by atoms with Crippen molar-refractivity contribution in [3.05, 3.63) is 53.9 Å². The van der Waals surface area contributed by atoms with Crippen LogP contribution >= 0.6 is 0 Å². The van der Waals surface area contributed by atoms with Crippen molar-refractivity contribution in [2.75, 3.05) is 5.32 Å². The highest BCUT2D eigenvalue weighted by Crippen LogP contribution is 2.31. The van der Waals surface area contributed by atoms with E-state index >= 15 is 0 Å². The minimum atomic E-state index is -4.41. The Hall–Kier alpha value is -2.57. The quantitative estimate of drug-likeness (QED) is 0.874. The van der Waals surface area contributed by atoms with Crippen molar-refractivity contribution in [2.45, 2.75) is 32.5 Å². The molecule has 0 aliphatic rings. The van der Waals surface area contributed by atoms with Crippen molar-refractivity contribution >= 4 is 17.3 Å². The molecule has 7 heteroatoms. The molecule has 0 bridgehead atoms. The van der Waals surface area contributed by atoms with E-state index in [1.807, 2.05) is 20.8 Å². The number of hydrogen-bond acceptors (Lipinski definition) is 3. The average Bonchev–Trinajstić information content (AvgIpc) is 2.45. The summed E-state index contributed by atoms with van der Waals surface area (Å²) < 4.78 is 38.2. The van der Waals surface area contributed by atoms with Crippen LogP contribution < -0.4 is 10.6 Å². The molecule has 0 saturated heterocycles. The lowest BCUT2D eigenvalue weighted by molar-refractivity contribution is -0.137. The van der Waals surface area contributed by atoms with Crippen LogP contribution in [0.1, 0.15) is 36.7 Å². The van der Waals surface area contributed by atoms with Crippen LogP contribution in [0.3, 0.4) is 0 Å². The smallest absolute Gasteiger partial charge is 0.354 e. The van der Waals surface area contributed by atoms with Gasteiger partial charge in [-0.2, -0.15) is 13.2 Å². The number of carbonyl (C=O) groups is 1. The zero-order valence-corrected chi connectivity index (χ0v) is 13.5. The molecule has 0 saturated carbocycles. The second-order valence-electron chi connectivity index (χ2n) is 6.37. The highest BCUT2D eigenvalue weighted by molar-refractivity contribution is 5.95. The van der Waals surface area contributed by atoms with Gasteiger partial charge in [0.05, 0.1) is 23.0 Å². The number of amides is 1. The van der Waals surface area contributed by atoms with Gasteiger partial charge in [-0.3, -0.25) is 9.78 Å². The summed E-state index contributed by atoms with van der Waals surface area (Å²) in [6.45, 7) is 5.55. The predicted octanol–water partition coefficient (Wildman–Crippen LogP) is 4.37. The van der Waals surface area contributed by atoms with Crippen LogP contribution in [-0.2, 0) is 6.18 Å². The minimum Gasteiger partial charge on any atom is -0.354 e. The molecule has 0 spiro atoms. The van der Waals surface area contributed by atoms with Gasteiger partial charge in [0.1, 0.15) is 0 Å². The van der Waals surface area contributed by atoms with Crippen molar-refractivity contribution in [2.24, 2.45) is 0 Å². The van der Waals surface area contributed by atoms with Crippen LogP contribution in [0.25, 0.3) is 0 Å². The summed E-state index contributed by atoms with van der Waals surface area (Å²) in [6, 6.07) is 6.36. The zero-order chi connectivity index (χ0) is 18.0. The van der Waals surface area contributed by atoms with Gasteiger partial charge in [0.2, 0.25) is 0 Å². The van der Waals surface area contributed by atoms with E-state index < -0.39 is 17.3 Å². The summed E-state index contributed by atoms with van der Waals surface area (Å²) in [6.07, 6.45) is -1.57. The van der Waals surface area contributed by atoms with Crippen LogP contribution in [0.4, 0.5) is 24.5 Å². The lowest BCUT2D eigenvalue weighted by Gasteiger charge is -2.20. The SMILES string of the molecule is CC(C)(C)NC(=O)c1cncc(Nc2cccc(C(F)(F)F)c2)c1. The van der Waals surface area contributed by atoms with E-state index in [1.54, 1.807) is 0 Å². The number of halogens is 3. The molecular formula is C17H18F3N3O. The van der Waals surface area contributed by atoms with Crippen molar-refractivity contribution in [1.82, 2.24) is 10.3 Å². The van der Waals surface area contributed by atoms with Crippen LogP contribution in [0.2, 0.25) is 0 Å². The molecule has 1 amide bonds.